The van der Waals surface area contributed by atoms with E-state index in [0.717, 1.165) is 18.3 Å². The molecule has 0 nitrogen and oxygen atoms in total. The molecular weight excluding hydrogens is 156 g/mol. The van der Waals surface area contributed by atoms with Crippen LogP contribution in [0.25, 0.3) is 0 Å². The zero-order valence-corrected chi connectivity index (χ0v) is 8.84. The number of fused-ring (bicyclic) bond motifs is 2. The molecule has 2 bridgehead atoms. The van der Waals surface area contributed by atoms with E-state index >= 15 is 0 Å². The second-order valence-electron chi connectivity index (χ2n) is 4.94. The van der Waals surface area contributed by atoms with Crippen molar-refractivity contribution in [3.05, 3.63) is 0 Å². The highest BCUT2D eigenvalue weighted by molar-refractivity contribution is 4.94. The van der Waals surface area contributed by atoms with Gasteiger partial charge in [0.2, 0.25) is 0 Å². The second-order valence-corrected chi connectivity index (χ2v) is 4.94. The van der Waals surface area contributed by atoms with Gasteiger partial charge in [0.15, 0.2) is 0 Å². The first-order chi connectivity index (χ1) is 7.27. The summed E-state index contributed by atoms with van der Waals surface area (Å²) in [5.41, 5.74) is 0. The van der Waals surface area contributed by atoms with Crippen LogP contribution >= 0.6 is 0 Å². The molecule has 2 rings (SSSR count). The van der Waals surface area contributed by atoms with Crippen molar-refractivity contribution in [3.8, 4) is 0 Å². The minimum Gasteiger partial charge on any atom is -0.0654 e. The lowest BCUT2D eigenvalue weighted by atomic mass is 9.77. The molecule has 5 atom stereocenters. The average Bonchev–Trinajstić information content (AvgIpc) is 2.76. The molecule has 13 heavy (non-hydrogen) atoms. The molecule has 0 aromatic rings. The van der Waals surface area contributed by atoms with Crippen molar-refractivity contribution in [2.75, 3.05) is 0 Å². The van der Waals surface area contributed by atoms with E-state index in [-0.39, 0.29) is 6.40 Å². The maximum absolute atomic E-state index is 8.16. The van der Waals surface area contributed by atoms with Crippen LogP contribution in [0.15, 0.2) is 0 Å². The summed E-state index contributed by atoms with van der Waals surface area (Å²) < 4.78 is 15.5. The molecule has 76 valence electrons. The number of hydrogen-bond donors (Lipinski definition) is 0. The van der Waals surface area contributed by atoms with Crippen molar-refractivity contribution in [3.63, 3.8) is 0 Å². The highest BCUT2D eigenvalue weighted by Crippen LogP contribution is 2.54. The third-order valence-corrected chi connectivity index (χ3v) is 4.12. The van der Waals surface area contributed by atoms with Gasteiger partial charge in [-0.25, -0.2) is 0 Å². The maximum atomic E-state index is 8.16. The van der Waals surface area contributed by atoms with Gasteiger partial charge in [0, 0.05) is 2.74 Å². The molecule has 0 N–H and O–H groups in total. The van der Waals surface area contributed by atoms with Crippen LogP contribution in [0.3, 0.4) is 0 Å². The summed E-state index contributed by atoms with van der Waals surface area (Å²) in [6, 6.07) is 0. The Labute approximate surface area is 85.9 Å². The van der Waals surface area contributed by atoms with Crippen LogP contribution in [0.2, 0.25) is 0 Å². The summed E-state index contributed by atoms with van der Waals surface area (Å²) in [4.78, 5) is 0. The van der Waals surface area contributed by atoms with Crippen LogP contribution in [-0.4, -0.2) is 0 Å². The smallest absolute Gasteiger partial charge is 0.0272 e. The third kappa shape index (κ3) is 1.78. The molecule has 2 aliphatic rings. The minimum absolute atomic E-state index is 0.179. The molecule has 0 spiro atoms. The van der Waals surface area contributed by atoms with Gasteiger partial charge in [-0.15, -0.1) is 0 Å². The SMILES string of the molecule is [2H]CC[C@@H]1[C@H]([2H])[C@H]2C[C@@H](CCCC)[C@@H]1C2. The first-order valence-electron chi connectivity index (χ1n) is 7.27. The molecule has 0 heterocycles. The van der Waals surface area contributed by atoms with Crippen molar-refractivity contribution in [1.29, 1.82) is 0 Å². The summed E-state index contributed by atoms with van der Waals surface area (Å²) >= 11 is 0. The average molecular weight is 182 g/mol. The number of unbranched alkanes of at least 4 members (excludes halogenated alkanes) is 1. The molecular formula is C13H24. The predicted molar refractivity (Wildman–Crippen MR) is 57.6 cm³/mol. The monoisotopic (exact) mass is 182 g/mol. The first-order valence-corrected chi connectivity index (χ1v) is 5.99. The highest BCUT2D eigenvalue weighted by Gasteiger charge is 2.44. The molecule has 0 amide bonds. The molecule has 2 aliphatic carbocycles. The minimum atomic E-state index is 0.179. The number of hydrogen-bond acceptors (Lipinski definition) is 0. The third-order valence-electron chi connectivity index (χ3n) is 4.12. The summed E-state index contributed by atoms with van der Waals surface area (Å²) in [5, 5.41) is 0. The van der Waals surface area contributed by atoms with Gasteiger partial charge in [0.25, 0.3) is 0 Å². The van der Waals surface area contributed by atoms with Gasteiger partial charge in [-0.3, -0.25) is 0 Å². The Morgan fingerprint density at radius 3 is 3.00 bits per heavy atom. The van der Waals surface area contributed by atoms with Crippen LogP contribution in [-0.2, 0) is 0 Å². The van der Waals surface area contributed by atoms with Gasteiger partial charge in [-0.05, 0) is 42.9 Å². The van der Waals surface area contributed by atoms with Crippen molar-refractivity contribution in [1.82, 2.24) is 0 Å². The molecule has 2 fully saturated rings. The van der Waals surface area contributed by atoms with Gasteiger partial charge < -0.3 is 0 Å². The Morgan fingerprint density at radius 2 is 2.31 bits per heavy atom. The van der Waals surface area contributed by atoms with Gasteiger partial charge in [0.05, 0.1) is 0 Å². The van der Waals surface area contributed by atoms with Crippen molar-refractivity contribution in [2.24, 2.45) is 23.7 Å². The van der Waals surface area contributed by atoms with Gasteiger partial charge in [-0.1, -0.05) is 39.5 Å². The van der Waals surface area contributed by atoms with E-state index in [9.17, 15) is 0 Å². The lowest BCUT2D eigenvalue weighted by Gasteiger charge is -2.28. The zero-order valence-electron chi connectivity index (χ0n) is 10.8. The predicted octanol–water partition coefficient (Wildman–Crippen LogP) is 4.25. The number of rotatable bonds is 4. The first kappa shape index (κ1) is 7.31. The summed E-state index contributed by atoms with van der Waals surface area (Å²) in [6.45, 7) is 2.80. The van der Waals surface area contributed by atoms with Crippen molar-refractivity contribution < 1.29 is 2.74 Å². The normalized spacial score (nSPS) is 50.7. The van der Waals surface area contributed by atoms with Crippen LogP contribution in [0.1, 0.15) is 61.5 Å². The van der Waals surface area contributed by atoms with Crippen molar-refractivity contribution in [2.45, 2.75) is 58.7 Å². The molecule has 0 aromatic heterocycles. The van der Waals surface area contributed by atoms with Crippen molar-refractivity contribution >= 4 is 0 Å². The van der Waals surface area contributed by atoms with E-state index in [1.807, 2.05) is 0 Å². The lowest BCUT2D eigenvalue weighted by molar-refractivity contribution is 0.218. The van der Waals surface area contributed by atoms with E-state index in [0.29, 0.717) is 18.7 Å². The summed E-state index contributed by atoms with van der Waals surface area (Å²) in [7, 11) is 0. The summed E-state index contributed by atoms with van der Waals surface area (Å²) in [6.07, 6.45) is 7.86. The Bertz CT molecular complexity index is 203. The molecule has 0 heteroatoms. The topological polar surface area (TPSA) is 0 Å². The summed E-state index contributed by atoms with van der Waals surface area (Å²) in [5.74, 6) is 2.99. The van der Waals surface area contributed by atoms with Gasteiger partial charge in [0.1, 0.15) is 0 Å². The van der Waals surface area contributed by atoms with E-state index < -0.39 is 0 Å². The standard InChI is InChI=1S/C13H24/c1-3-5-6-12-8-10-7-11(4-2)13(12)9-10/h10-13H,3-9H2,1-2H3/t10-,11+,12+,13+/m0/s1/i2D,7D/t7-,10+,11-,12-,13-/m1. The molecule has 2 saturated carbocycles. The van der Waals surface area contributed by atoms with E-state index in [4.69, 9.17) is 2.74 Å². The second kappa shape index (κ2) is 4.02. The molecule has 0 unspecified atom stereocenters. The van der Waals surface area contributed by atoms with Crippen LogP contribution < -0.4 is 0 Å². The Balaban J connectivity index is 1.92. The van der Waals surface area contributed by atoms with E-state index in [2.05, 4.69) is 6.92 Å². The van der Waals surface area contributed by atoms with E-state index in [1.165, 1.54) is 32.1 Å². The zero-order chi connectivity index (χ0) is 10.8. The lowest BCUT2D eigenvalue weighted by Crippen LogP contribution is -2.19. The van der Waals surface area contributed by atoms with Gasteiger partial charge >= 0.3 is 0 Å². The van der Waals surface area contributed by atoms with Crippen LogP contribution in [0, 0.1) is 23.7 Å². The van der Waals surface area contributed by atoms with Gasteiger partial charge in [-0.2, -0.15) is 0 Å². The highest BCUT2D eigenvalue weighted by atomic mass is 14.5. The quantitative estimate of drug-likeness (QED) is 0.610. The fourth-order valence-corrected chi connectivity index (χ4v) is 3.48. The maximum Gasteiger partial charge on any atom is 0.0272 e. The van der Waals surface area contributed by atoms with Crippen LogP contribution in [0.5, 0.6) is 0 Å². The largest absolute Gasteiger partial charge is 0.0654 e. The van der Waals surface area contributed by atoms with Crippen LogP contribution in [0.4, 0.5) is 0 Å². The molecule has 0 aliphatic heterocycles. The molecule has 0 saturated heterocycles. The van der Waals surface area contributed by atoms with E-state index in [1.54, 1.807) is 0 Å². The molecule has 0 aromatic carbocycles. The Hall–Kier alpha value is 0. The fourth-order valence-electron chi connectivity index (χ4n) is 3.48. The Morgan fingerprint density at radius 1 is 1.38 bits per heavy atom. The fraction of sp³-hybridized carbons (Fsp3) is 1.00. The molecule has 0 radical (unpaired) electrons. The Kier molecular flexibility index (Phi) is 2.26.